The SMILES string of the molecule is CCN(C)C(=O)Cn1c(CCl)nc2cc(Br)ccc21. The minimum Gasteiger partial charge on any atom is -0.344 e. The van der Waals surface area contributed by atoms with Gasteiger partial charge in [-0.05, 0) is 25.1 Å². The second-order valence-corrected chi connectivity index (χ2v) is 5.47. The summed E-state index contributed by atoms with van der Waals surface area (Å²) in [7, 11) is 1.79. The number of hydrogen-bond donors (Lipinski definition) is 0. The van der Waals surface area contributed by atoms with E-state index in [9.17, 15) is 4.79 Å². The van der Waals surface area contributed by atoms with Gasteiger partial charge in [-0.25, -0.2) is 4.98 Å². The van der Waals surface area contributed by atoms with E-state index >= 15 is 0 Å². The molecule has 0 unspecified atom stereocenters. The van der Waals surface area contributed by atoms with Gasteiger partial charge < -0.3 is 9.47 Å². The van der Waals surface area contributed by atoms with Crippen molar-refractivity contribution in [2.75, 3.05) is 13.6 Å². The number of hydrogen-bond acceptors (Lipinski definition) is 2. The monoisotopic (exact) mass is 343 g/mol. The zero-order chi connectivity index (χ0) is 14.0. The normalized spacial score (nSPS) is 10.9. The zero-order valence-electron chi connectivity index (χ0n) is 10.9. The lowest BCUT2D eigenvalue weighted by molar-refractivity contribution is -0.130. The lowest BCUT2D eigenvalue weighted by atomic mass is 10.3. The third-order valence-corrected chi connectivity index (χ3v) is 3.83. The van der Waals surface area contributed by atoms with Crippen molar-refractivity contribution in [2.24, 2.45) is 0 Å². The highest BCUT2D eigenvalue weighted by atomic mass is 79.9. The van der Waals surface area contributed by atoms with Crippen LogP contribution in [0.4, 0.5) is 0 Å². The molecule has 0 spiro atoms. The Bertz CT molecular complexity index is 611. The molecule has 0 aliphatic carbocycles. The predicted octanol–water partition coefficient (Wildman–Crippen LogP) is 3.02. The Labute approximate surface area is 125 Å². The van der Waals surface area contributed by atoms with E-state index in [0.29, 0.717) is 12.4 Å². The highest BCUT2D eigenvalue weighted by Crippen LogP contribution is 2.22. The summed E-state index contributed by atoms with van der Waals surface area (Å²) in [5.74, 6) is 1.05. The minimum absolute atomic E-state index is 0.0519. The molecule has 4 nitrogen and oxygen atoms in total. The molecule has 102 valence electrons. The van der Waals surface area contributed by atoms with Crippen molar-refractivity contribution in [1.82, 2.24) is 14.5 Å². The topological polar surface area (TPSA) is 38.1 Å². The summed E-state index contributed by atoms with van der Waals surface area (Å²) in [6.45, 7) is 2.90. The van der Waals surface area contributed by atoms with Gasteiger partial charge in [0.05, 0.1) is 16.9 Å². The number of alkyl halides is 1. The van der Waals surface area contributed by atoms with Crippen molar-refractivity contribution in [1.29, 1.82) is 0 Å². The Balaban J connectivity index is 2.43. The molecule has 0 fully saturated rings. The molecule has 1 heterocycles. The van der Waals surface area contributed by atoms with Crippen LogP contribution >= 0.6 is 27.5 Å². The van der Waals surface area contributed by atoms with Crippen LogP contribution in [0.15, 0.2) is 22.7 Å². The van der Waals surface area contributed by atoms with Gasteiger partial charge in [-0.3, -0.25) is 4.79 Å². The van der Waals surface area contributed by atoms with Crippen LogP contribution in [-0.4, -0.2) is 34.0 Å². The predicted molar refractivity (Wildman–Crippen MR) is 80.3 cm³/mol. The molecule has 0 atom stereocenters. The van der Waals surface area contributed by atoms with E-state index in [1.807, 2.05) is 29.7 Å². The summed E-state index contributed by atoms with van der Waals surface area (Å²) in [6.07, 6.45) is 0. The maximum absolute atomic E-state index is 12.0. The van der Waals surface area contributed by atoms with Crippen molar-refractivity contribution in [3.05, 3.63) is 28.5 Å². The summed E-state index contributed by atoms with van der Waals surface area (Å²) in [6, 6.07) is 5.81. The van der Waals surface area contributed by atoms with Gasteiger partial charge >= 0.3 is 0 Å². The van der Waals surface area contributed by atoms with Gasteiger partial charge in [-0.2, -0.15) is 0 Å². The van der Waals surface area contributed by atoms with E-state index in [1.165, 1.54) is 0 Å². The molecule has 1 amide bonds. The Morgan fingerprint density at radius 2 is 2.26 bits per heavy atom. The number of benzene rings is 1. The van der Waals surface area contributed by atoms with Crippen LogP contribution in [0.5, 0.6) is 0 Å². The summed E-state index contributed by atoms with van der Waals surface area (Å²) in [5.41, 5.74) is 1.77. The summed E-state index contributed by atoms with van der Waals surface area (Å²) in [5, 5.41) is 0. The molecular weight excluding hydrogens is 330 g/mol. The average molecular weight is 345 g/mol. The Kier molecular flexibility index (Phi) is 4.47. The van der Waals surface area contributed by atoms with Crippen LogP contribution in [0.2, 0.25) is 0 Å². The number of halogens is 2. The molecule has 19 heavy (non-hydrogen) atoms. The van der Waals surface area contributed by atoms with Gasteiger partial charge in [0, 0.05) is 18.1 Å². The molecule has 0 N–H and O–H groups in total. The van der Waals surface area contributed by atoms with Gasteiger partial charge in [0.1, 0.15) is 12.4 Å². The van der Waals surface area contributed by atoms with Crippen LogP contribution in [-0.2, 0) is 17.2 Å². The first-order valence-electron chi connectivity index (χ1n) is 6.01. The van der Waals surface area contributed by atoms with Crippen molar-refractivity contribution in [3.63, 3.8) is 0 Å². The molecule has 0 aliphatic rings. The van der Waals surface area contributed by atoms with Crippen molar-refractivity contribution in [3.8, 4) is 0 Å². The van der Waals surface area contributed by atoms with Crippen LogP contribution in [0.25, 0.3) is 11.0 Å². The lowest BCUT2D eigenvalue weighted by Gasteiger charge is -2.16. The van der Waals surface area contributed by atoms with Crippen LogP contribution in [0, 0.1) is 0 Å². The summed E-state index contributed by atoms with van der Waals surface area (Å²) in [4.78, 5) is 18.2. The molecule has 0 bridgehead atoms. The average Bonchev–Trinajstić information content (AvgIpc) is 2.74. The lowest BCUT2D eigenvalue weighted by Crippen LogP contribution is -2.30. The quantitative estimate of drug-likeness (QED) is 0.800. The molecule has 2 rings (SSSR count). The van der Waals surface area contributed by atoms with Gasteiger partial charge in [-0.1, -0.05) is 15.9 Å². The highest BCUT2D eigenvalue weighted by Gasteiger charge is 2.15. The minimum atomic E-state index is 0.0519. The third kappa shape index (κ3) is 2.92. The fourth-order valence-corrected chi connectivity index (χ4v) is 2.42. The van der Waals surface area contributed by atoms with E-state index in [4.69, 9.17) is 11.6 Å². The molecule has 1 aromatic carbocycles. The largest absolute Gasteiger partial charge is 0.344 e. The molecule has 2 aromatic rings. The van der Waals surface area contributed by atoms with Crippen LogP contribution < -0.4 is 0 Å². The third-order valence-electron chi connectivity index (χ3n) is 3.10. The van der Waals surface area contributed by atoms with E-state index in [0.717, 1.165) is 15.5 Å². The molecule has 0 radical (unpaired) electrons. The van der Waals surface area contributed by atoms with Gasteiger partial charge in [-0.15, -0.1) is 11.6 Å². The Hall–Kier alpha value is -1.07. The van der Waals surface area contributed by atoms with E-state index in [-0.39, 0.29) is 18.3 Å². The van der Waals surface area contributed by atoms with E-state index in [1.54, 1.807) is 11.9 Å². The fraction of sp³-hybridized carbons (Fsp3) is 0.385. The number of carbonyl (C=O) groups excluding carboxylic acids is 1. The first-order valence-corrected chi connectivity index (χ1v) is 7.34. The second kappa shape index (κ2) is 5.92. The standard InChI is InChI=1S/C13H15BrClN3O/c1-3-17(2)13(19)8-18-11-5-4-9(14)6-10(11)16-12(18)7-15/h4-6H,3,7-8H2,1-2H3. The number of rotatable bonds is 4. The van der Waals surface area contributed by atoms with Crippen molar-refractivity contribution >= 4 is 44.5 Å². The molecule has 1 aromatic heterocycles. The summed E-state index contributed by atoms with van der Waals surface area (Å²) < 4.78 is 2.84. The zero-order valence-corrected chi connectivity index (χ0v) is 13.2. The molecular formula is C13H15BrClN3O. The fourth-order valence-electron chi connectivity index (χ4n) is 1.86. The number of fused-ring (bicyclic) bond motifs is 1. The Morgan fingerprint density at radius 3 is 2.89 bits per heavy atom. The number of imidazole rings is 1. The van der Waals surface area contributed by atoms with Gasteiger partial charge in [0.2, 0.25) is 5.91 Å². The van der Waals surface area contributed by atoms with E-state index < -0.39 is 0 Å². The molecule has 6 heteroatoms. The summed E-state index contributed by atoms with van der Waals surface area (Å²) >= 11 is 9.34. The first-order chi connectivity index (χ1) is 9.06. The highest BCUT2D eigenvalue weighted by molar-refractivity contribution is 9.10. The molecule has 0 saturated carbocycles. The van der Waals surface area contributed by atoms with Crippen LogP contribution in [0.1, 0.15) is 12.7 Å². The second-order valence-electron chi connectivity index (χ2n) is 4.29. The van der Waals surface area contributed by atoms with Crippen LogP contribution in [0.3, 0.4) is 0 Å². The van der Waals surface area contributed by atoms with Crippen molar-refractivity contribution < 1.29 is 4.79 Å². The number of nitrogens with zero attached hydrogens (tertiary/aromatic N) is 3. The maximum atomic E-state index is 12.0. The van der Waals surface area contributed by atoms with Gasteiger partial charge in [0.25, 0.3) is 0 Å². The Morgan fingerprint density at radius 1 is 1.53 bits per heavy atom. The first kappa shape index (κ1) is 14.3. The molecule has 0 aliphatic heterocycles. The van der Waals surface area contributed by atoms with Crippen molar-refractivity contribution in [2.45, 2.75) is 19.3 Å². The number of aromatic nitrogens is 2. The molecule has 0 saturated heterocycles. The van der Waals surface area contributed by atoms with E-state index in [2.05, 4.69) is 20.9 Å². The number of carbonyl (C=O) groups is 1. The number of amides is 1. The van der Waals surface area contributed by atoms with Gasteiger partial charge in [0.15, 0.2) is 0 Å². The maximum Gasteiger partial charge on any atom is 0.242 e. The smallest absolute Gasteiger partial charge is 0.242 e. The number of likely N-dealkylation sites (N-methyl/N-ethyl adjacent to an activating group) is 1.